The largest absolute Gasteiger partial charge is 0.408 e. The highest BCUT2D eigenvalue weighted by Gasteiger charge is 2.54. The van der Waals surface area contributed by atoms with Crippen molar-refractivity contribution in [3.05, 3.63) is 213 Å². The predicted octanol–water partition coefficient (Wildman–Crippen LogP) is 20.6. The second kappa shape index (κ2) is 48.9. The maximum atomic E-state index is 14.4. The molecule has 21 nitrogen and oxygen atoms in total. The van der Waals surface area contributed by atoms with Gasteiger partial charge in [0.15, 0.2) is 78.1 Å². The van der Waals surface area contributed by atoms with Gasteiger partial charge in [-0.3, -0.25) is 50.6 Å². The van der Waals surface area contributed by atoms with Crippen LogP contribution in [-0.2, 0) is 78.9 Å². The Hall–Kier alpha value is -8.55. The Labute approximate surface area is 864 Å². The molecule has 9 aliphatic carbocycles. The number of nitriles is 1. The molecule has 0 amide bonds. The van der Waals surface area contributed by atoms with Crippen molar-refractivity contribution in [2.24, 2.45) is 50.7 Å². The van der Waals surface area contributed by atoms with Crippen LogP contribution in [0.1, 0.15) is 257 Å². The number of carbonyl (C=O) groups excluding carboxylic acids is 5. The van der Waals surface area contributed by atoms with Crippen molar-refractivity contribution in [3.63, 3.8) is 0 Å². The number of Topliss-reactive ketones (excluding diaryl/α,β-unsaturated/α-hetero) is 5. The molecule has 0 aromatic heterocycles. The zero-order valence-corrected chi connectivity index (χ0v) is 88.3. The third-order valence-corrected chi connectivity index (χ3v) is 37.5. The second-order valence-electron chi connectivity index (χ2n) is 44.4. The molecular formula is C106H130F18N6O15S5. The fraction of sp³-hybridized carbons (Fsp3) is 0.604. The van der Waals surface area contributed by atoms with Gasteiger partial charge < -0.3 is 0 Å². The molecule has 5 N–H and O–H groups in total. The molecule has 15 rings (SSSR count). The summed E-state index contributed by atoms with van der Waals surface area (Å²) in [4.78, 5) is 64.3. The first-order valence-corrected chi connectivity index (χ1v) is 59.1. The molecule has 9 fully saturated rings. The first-order chi connectivity index (χ1) is 69.4. The monoisotopic (exact) mass is 2230 g/mol. The molecule has 6 aromatic carbocycles. The van der Waals surface area contributed by atoms with Gasteiger partial charge in [-0.2, -0.15) is 44.8 Å². The van der Waals surface area contributed by atoms with E-state index >= 15 is 0 Å². The minimum atomic E-state index is -5.03. The number of nitrogens with one attached hydrogen (secondary N) is 5. The molecule has 0 unspecified atom stereocenters. The highest BCUT2D eigenvalue weighted by molar-refractivity contribution is 7.92. The summed E-state index contributed by atoms with van der Waals surface area (Å²) in [6.45, 7) is 11.9. The summed E-state index contributed by atoms with van der Waals surface area (Å²) < 4.78 is 373. The van der Waals surface area contributed by atoms with E-state index < -0.39 is 232 Å². The van der Waals surface area contributed by atoms with Gasteiger partial charge in [0.25, 0.3) is 12.3 Å². The minimum Gasteiger partial charge on any atom is -0.298 e. The molecule has 44 heteroatoms. The van der Waals surface area contributed by atoms with Crippen molar-refractivity contribution < 1.29 is 145 Å². The average molecular weight is 2230 g/mol. The molecule has 0 bridgehead atoms. The average Bonchev–Trinajstić information content (AvgIpc) is 1.53. The van der Waals surface area contributed by atoms with Gasteiger partial charge in [-0.05, 0) is 245 Å². The van der Waals surface area contributed by atoms with Crippen LogP contribution in [0.15, 0.2) is 140 Å². The van der Waals surface area contributed by atoms with E-state index in [1.807, 2.05) is 40.7 Å². The lowest BCUT2D eigenvalue weighted by molar-refractivity contribution is -0.161. The number of alkyl halides is 13. The van der Waals surface area contributed by atoms with Gasteiger partial charge >= 0.3 is 18.5 Å². The molecule has 0 radical (unpaired) electrons. The van der Waals surface area contributed by atoms with Crippen molar-refractivity contribution >= 4 is 78.1 Å². The van der Waals surface area contributed by atoms with Crippen molar-refractivity contribution in [3.8, 4) is 6.07 Å². The van der Waals surface area contributed by atoms with Crippen LogP contribution in [0.25, 0.3) is 0 Å². The number of rotatable bonds is 52. The zero-order chi connectivity index (χ0) is 111. The van der Waals surface area contributed by atoms with Gasteiger partial charge in [-0.1, -0.05) is 130 Å². The van der Waals surface area contributed by atoms with Crippen LogP contribution in [0.3, 0.4) is 0 Å². The molecule has 0 aliphatic heterocycles. The molecule has 10 atom stereocenters. The molecule has 9 saturated carbocycles. The molecule has 9 aliphatic rings. The second-order valence-corrected chi connectivity index (χ2v) is 55.1. The van der Waals surface area contributed by atoms with E-state index in [1.54, 1.807) is 43.3 Å². The minimum absolute atomic E-state index is 0.00831. The molecule has 0 spiro atoms. The van der Waals surface area contributed by atoms with E-state index in [2.05, 4.69) is 26.6 Å². The zero-order valence-electron chi connectivity index (χ0n) is 84.2. The third kappa shape index (κ3) is 40.3. The summed E-state index contributed by atoms with van der Waals surface area (Å²) in [7, 11) is -18.5. The number of aryl methyl sites for hydroxylation is 2. The highest BCUT2D eigenvalue weighted by Crippen LogP contribution is 2.53. The van der Waals surface area contributed by atoms with Crippen molar-refractivity contribution in [2.45, 2.75) is 293 Å². The summed E-state index contributed by atoms with van der Waals surface area (Å²) in [6.07, 6.45) is -3.46. The quantitative estimate of drug-likeness (QED) is 0.0221. The van der Waals surface area contributed by atoms with Crippen LogP contribution in [0, 0.1) is 105 Å². The van der Waals surface area contributed by atoms with Gasteiger partial charge in [0, 0.05) is 50.7 Å². The lowest BCUT2D eigenvalue weighted by atomic mass is 9.95. The number of benzene rings is 6. The van der Waals surface area contributed by atoms with Crippen LogP contribution < -0.4 is 26.6 Å². The Balaban J connectivity index is 0.000000178. The molecule has 0 heterocycles. The Morgan fingerprint density at radius 3 is 0.880 bits per heavy atom. The van der Waals surface area contributed by atoms with Gasteiger partial charge in [0.2, 0.25) is 0 Å². The number of sulfone groups is 5. The molecule has 830 valence electrons. The number of halogens is 18. The fourth-order valence-electron chi connectivity index (χ4n) is 17.4. The smallest absolute Gasteiger partial charge is 0.298 e. The summed E-state index contributed by atoms with van der Waals surface area (Å²) >= 11 is 0. The highest BCUT2D eigenvalue weighted by atomic mass is 32.2. The van der Waals surface area contributed by atoms with Crippen molar-refractivity contribution in [1.82, 2.24) is 26.6 Å². The Morgan fingerprint density at radius 2 is 0.607 bits per heavy atom. The predicted molar refractivity (Wildman–Crippen MR) is 529 cm³/mol. The Bertz CT molecular complexity index is 6180. The summed E-state index contributed by atoms with van der Waals surface area (Å²) in [6, 6.07) is 11.5. The van der Waals surface area contributed by atoms with Crippen LogP contribution >= 0.6 is 0 Å². The van der Waals surface area contributed by atoms with E-state index in [0.29, 0.717) is 43.5 Å². The molecular weight excluding hydrogens is 2100 g/mol. The standard InChI is InChI=1S/C24H24F4N2O3S.2C21H28F3NO3S.C20H24F5NO3S.C20H26F3NO3S/c1-16-2-4-17(5-3-16)13-34(32,33)14-20(21(31)12-23(15-29)10-11-23)30-22(24(26,27)28)18-6-8-19(25)9-7-18;1-14-3-7-16(8-4-14)19(21(22,23)24)25-17(18(26)11-20(2)9-10-20)13-29(27,28)12-15-5-6-15;1-20(9-10-20)11-18(26)17(13-29(27,28)12-14-3-4-14)25-19(21(2,23)24)15-5-7-16(22)8-6-15;1-19(6-7-19)9-17(27)16(11-30(28,29)10-12-2-3-12)26-18(20(23,24)25)14-5-4-13(21)8-15(14)22;1-20(8-9-20)10-17(25)16(12-28(26,27)11-13-2-3-13)24-18(19(22)23)14-4-6-15(21)7-5-14/h2-9,20,22,30H,10-14H2,1H3;3-4,7-8,15,17,19,25H,5-6,9-13H2,1-2H3;5-8,14,17,19,25H,3-4,9-13H2,1-2H3;4-5,8,12,16,18,26H,2-3,6-7,9-11H2,1H3;4-7,13,16,18-19,24H,2-3,8-12H2,1H3/t20-,22-;2*17-,19-;2*16-,18-/m00000/s1. The van der Waals surface area contributed by atoms with Crippen LogP contribution in [0.2, 0.25) is 0 Å². The molecule has 6 aromatic rings. The maximum Gasteiger partial charge on any atom is 0.408 e. The number of ketones is 5. The number of hydrogen-bond donors (Lipinski definition) is 5. The lowest BCUT2D eigenvalue weighted by Crippen LogP contribution is -2.49. The summed E-state index contributed by atoms with van der Waals surface area (Å²) in [5.41, 5.74) is -0.724. The van der Waals surface area contributed by atoms with E-state index in [0.717, 1.165) is 162 Å². The van der Waals surface area contributed by atoms with Crippen molar-refractivity contribution in [1.29, 1.82) is 5.26 Å². The molecule has 150 heavy (non-hydrogen) atoms. The van der Waals surface area contributed by atoms with E-state index in [1.165, 1.54) is 36.4 Å². The molecule has 0 saturated heterocycles. The van der Waals surface area contributed by atoms with E-state index in [-0.39, 0.29) is 134 Å². The van der Waals surface area contributed by atoms with E-state index in [9.17, 15) is 150 Å². The topological polar surface area (TPSA) is 340 Å². The Morgan fingerprint density at radius 1 is 0.347 bits per heavy atom. The van der Waals surface area contributed by atoms with Crippen LogP contribution in [-0.4, -0.2) is 184 Å². The number of nitrogens with zero attached hydrogens (tertiary/aromatic N) is 1. The first-order valence-electron chi connectivity index (χ1n) is 50.0. The lowest BCUT2D eigenvalue weighted by Gasteiger charge is -2.30. The number of hydrogen-bond acceptors (Lipinski definition) is 21. The first kappa shape index (κ1) is 122. The van der Waals surface area contributed by atoms with Crippen molar-refractivity contribution in [2.75, 3.05) is 51.8 Å². The maximum absolute atomic E-state index is 14.4. The third-order valence-electron chi connectivity index (χ3n) is 28.6. The Kier molecular flexibility index (Phi) is 39.6. The SMILES string of the molecule is CC1(CC(=O)[C@H](CS(=O)(=O)CC2CC2)N[C@@H](c2ccc(F)cc2)C(C)(F)F)CC1.CC1(CC(=O)[C@H](CS(=O)(=O)CC2CC2)N[C@@H](c2ccc(F)cc2)C(F)F)CC1.CC1(CC(=O)[C@H](CS(=O)(=O)CC2CC2)N[C@@H](c2ccc(F)cc2F)C(F)(F)F)CC1.Cc1ccc(CS(=O)(=O)C[C@H](N[C@@H](c2ccc(F)cc2)C(F)(F)F)C(=O)CC2(C#N)CC2)cc1.Cc1ccc([C@H](N[C@@H](CS(=O)(=O)CC2CC2)C(=O)CC2(C)CC2)C(F)(F)F)cc1. The fourth-order valence-corrected chi connectivity index (χ4v) is 26.9. The normalized spacial score (nSPS) is 19.9. The van der Waals surface area contributed by atoms with Crippen LogP contribution in [0.4, 0.5) is 79.0 Å². The number of carbonyl (C=O) groups is 5. The van der Waals surface area contributed by atoms with Gasteiger partial charge in [-0.25, -0.2) is 81.6 Å². The van der Waals surface area contributed by atoms with Gasteiger partial charge in [0.1, 0.15) is 47.2 Å². The van der Waals surface area contributed by atoms with Crippen LogP contribution in [0.5, 0.6) is 0 Å². The summed E-state index contributed by atoms with van der Waals surface area (Å²) in [5.74, 6) is -13.8. The summed E-state index contributed by atoms with van der Waals surface area (Å²) in [5, 5.41) is 21.1. The van der Waals surface area contributed by atoms with Gasteiger partial charge in [0.05, 0.1) is 111 Å². The van der Waals surface area contributed by atoms with E-state index in [4.69, 9.17) is 0 Å². The van der Waals surface area contributed by atoms with Gasteiger partial charge in [-0.15, -0.1) is 0 Å².